The maximum atomic E-state index is 12.6. The first-order valence-corrected chi connectivity index (χ1v) is 6.91. The third kappa shape index (κ3) is 2.55. The Labute approximate surface area is 120 Å². The van der Waals surface area contributed by atoms with Crippen LogP contribution in [0.15, 0.2) is 31.1 Å². The van der Waals surface area contributed by atoms with Crippen LogP contribution in [0.1, 0.15) is 21.0 Å². The Balaban J connectivity index is 2.41. The fraction of sp³-hybridized carbons (Fsp3) is 0.100. The molecule has 0 aliphatic rings. The molecule has 0 saturated heterocycles. The van der Waals surface area contributed by atoms with Gasteiger partial charge in [-0.15, -0.1) is 11.3 Å². The van der Waals surface area contributed by atoms with E-state index in [1.165, 1.54) is 12.1 Å². The summed E-state index contributed by atoms with van der Waals surface area (Å²) < 4.78 is 42.8. The SMILES string of the molecule is O=C(c1ccc(Br)o1)c1scc(C(F)(F)F)c1Br. The Morgan fingerprint density at radius 3 is 2.39 bits per heavy atom. The number of ketones is 1. The summed E-state index contributed by atoms with van der Waals surface area (Å²) in [7, 11) is 0. The van der Waals surface area contributed by atoms with Gasteiger partial charge in [0.1, 0.15) is 0 Å². The van der Waals surface area contributed by atoms with Gasteiger partial charge in [0.2, 0.25) is 5.78 Å². The molecule has 0 radical (unpaired) electrons. The summed E-state index contributed by atoms with van der Waals surface area (Å²) in [4.78, 5) is 11.9. The first kappa shape index (κ1) is 13.8. The lowest BCUT2D eigenvalue weighted by Crippen LogP contribution is -2.05. The van der Waals surface area contributed by atoms with E-state index in [-0.39, 0.29) is 15.1 Å². The highest BCUT2D eigenvalue weighted by Crippen LogP contribution is 2.40. The van der Waals surface area contributed by atoms with Gasteiger partial charge in [-0.3, -0.25) is 4.79 Å². The quantitative estimate of drug-likeness (QED) is 0.651. The molecule has 0 spiro atoms. The third-order valence-electron chi connectivity index (χ3n) is 2.04. The summed E-state index contributed by atoms with van der Waals surface area (Å²) in [5.41, 5.74) is -0.860. The number of carbonyl (C=O) groups is 1. The molecular formula is C10H3Br2F3O2S. The maximum Gasteiger partial charge on any atom is 0.418 e. The molecule has 8 heteroatoms. The molecular weight excluding hydrogens is 401 g/mol. The minimum Gasteiger partial charge on any atom is -0.446 e. The van der Waals surface area contributed by atoms with Crippen LogP contribution in [0, 0.1) is 0 Å². The molecule has 2 rings (SSSR count). The van der Waals surface area contributed by atoms with Gasteiger partial charge < -0.3 is 4.42 Å². The van der Waals surface area contributed by atoms with E-state index >= 15 is 0 Å². The molecule has 2 aromatic heterocycles. The molecule has 0 N–H and O–H groups in total. The zero-order valence-electron chi connectivity index (χ0n) is 8.35. The number of hydrogen-bond acceptors (Lipinski definition) is 3. The first-order chi connectivity index (χ1) is 8.30. The monoisotopic (exact) mass is 402 g/mol. The Bertz CT molecular complexity index is 601. The van der Waals surface area contributed by atoms with Crippen LogP contribution in [-0.2, 0) is 6.18 Å². The van der Waals surface area contributed by atoms with E-state index in [0.29, 0.717) is 4.67 Å². The van der Waals surface area contributed by atoms with Gasteiger partial charge in [-0.2, -0.15) is 13.2 Å². The second-order valence-electron chi connectivity index (χ2n) is 3.22. The van der Waals surface area contributed by atoms with Crippen LogP contribution >= 0.6 is 43.2 Å². The Hall–Kier alpha value is -0.600. The largest absolute Gasteiger partial charge is 0.446 e. The number of halogens is 5. The number of alkyl halides is 3. The van der Waals surface area contributed by atoms with Gasteiger partial charge >= 0.3 is 6.18 Å². The number of hydrogen-bond donors (Lipinski definition) is 0. The molecule has 0 fully saturated rings. The third-order valence-corrected chi connectivity index (χ3v) is 4.53. The second-order valence-corrected chi connectivity index (χ2v) is 5.68. The van der Waals surface area contributed by atoms with E-state index in [2.05, 4.69) is 31.9 Å². The van der Waals surface area contributed by atoms with E-state index in [9.17, 15) is 18.0 Å². The molecule has 0 saturated carbocycles. The Kier molecular flexibility index (Phi) is 3.70. The molecule has 0 atom stereocenters. The van der Waals surface area contributed by atoms with Crippen molar-refractivity contribution >= 4 is 49.0 Å². The Morgan fingerprint density at radius 1 is 1.28 bits per heavy atom. The zero-order valence-corrected chi connectivity index (χ0v) is 12.3. The molecule has 2 heterocycles. The number of carbonyl (C=O) groups excluding carboxylic acids is 1. The molecule has 0 aliphatic carbocycles. The molecule has 18 heavy (non-hydrogen) atoms. The van der Waals surface area contributed by atoms with Crippen LogP contribution in [0.5, 0.6) is 0 Å². The van der Waals surface area contributed by atoms with Gasteiger partial charge in [0.05, 0.1) is 14.9 Å². The van der Waals surface area contributed by atoms with Gasteiger partial charge in [-0.1, -0.05) is 0 Å². The van der Waals surface area contributed by atoms with Crippen molar-refractivity contribution < 1.29 is 22.4 Å². The molecule has 0 aromatic carbocycles. The first-order valence-electron chi connectivity index (χ1n) is 4.45. The van der Waals surface area contributed by atoms with E-state index in [1.807, 2.05) is 0 Å². The summed E-state index contributed by atoms with van der Waals surface area (Å²) in [6, 6.07) is 2.89. The van der Waals surface area contributed by atoms with Crippen molar-refractivity contribution in [1.82, 2.24) is 0 Å². The standard InChI is InChI=1S/C10H3Br2F3O2S/c11-6-2-1-5(17-6)8(16)9-7(12)4(3-18-9)10(13,14)15/h1-3H. The van der Waals surface area contributed by atoms with Gasteiger partial charge in [-0.05, 0) is 44.0 Å². The second kappa shape index (κ2) is 4.82. The molecule has 0 amide bonds. The molecule has 96 valence electrons. The molecule has 2 nitrogen and oxygen atoms in total. The fourth-order valence-corrected chi connectivity index (χ4v) is 3.40. The highest BCUT2D eigenvalue weighted by atomic mass is 79.9. The molecule has 0 aliphatic heterocycles. The highest BCUT2D eigenvalue weighted by Gasteiger charge is 2.36. The average molecular weight is 404 g/mol. The lowest BCUT2D eigenvalue weighted by Gasteiger charge is -2.04. The lowest BCUT2D eigenvalue weighted by molar-refractivity contribution is -0.137. The van der Waals surface area contributed by atoms with Crippen LogP contribution in [0.4, 0.5) is 13.2 Å². The van der Waals surface area contributed by atoms with Crippen LogP contribution < -0.4 is 0 Å². The summed E-state index contributed by atoms with van der Waals surface area (Å²) in [5, 5.41) is 0.898. The van der Waals surface area contributed by atoms with Crippen molar-refractivity contribution in [2.45, 2.75) is 6.18 Å². The summed E-state index contributed by atoms with van der Waals surface area (Å²) in [6.45, 7) is 0. The predicted octanol–water partition coefficient (Wildman–Crippen LogP) is 5.12. The minimum absolute atomic E-state index is 0.0156. The average Bonchev–Trinajstić information content (AvgIpc) is 2.82. The van der Waals surface area contributed by atoms with E-state index in [1.54, 1.807) is 0 Å². The van der Waals surface area contributed by atoms with Crippen molar-refractivity contribution in [1.29, 1.82) is 0 Å². The van der Waals surface area contributed by atoms with Gasteiger partial charge in [0.25, 0.3) is 0 Å². The van der Waals surface area contributed by atoms with Gasteiger partial charge in [0, 0.05) is 5.38 Å². The lowest BCUT2D eigenvalue weighted by atomic mass is 10.2. The number of rotatable bonds is 2. The zero-order chi connectivity index (χ0) is 13.5. The fourth-order valence-electron chi connectivity index (χ4n) is 1.24. The normalized spacial score (nSPS) is 11.8. The van der Waals surface area contributed by atoms with Crippen LogP contribution in [0.25, 0.3) is 0 Å². The molecule has 0 unspecified atom stereocenters. The maximum absolute atomic E-state index is 12.6. The summed E-state index contributed by atoms with van der Waals surface area (Å²) in [5.74, 6) is -0.605. The van der Waals surface area contributed by atoms with Crippen molar-refractivity contribution in [2.75, 3.05) is 0 Å². The van der Waals surface area contributed by atoms with Crippen molar-refractivity contribution in [3.63, 3.8) is 0 Å². The van der Waals surface area contributed by atoms with E-state index < -0.39 is 17.5 Å². The van der Waals surface area contributed by atoms with Crippen molar-refractivity contribution in [3.8, 4) is 0 Å². The van der Waals surface area contributed by atoms with Gasteiger partial charge in [-0.25, -0.2) is 0 Å². The Morgan fingerprint density at radius 2 is 1.94 bits per heavy atom. The van der Waals surface area contributed by atoms with Crippen LogP contribution in [-0.4, -0.2) is 5.78 Å². The van der Waals surface area contributed by atoms with Crippen LogP contribution in [0.3, 0.4) is 0 Å². The van der Waals surface area contributed by atoms with Crippen molar-refractivity contribution in [2.24, 2.45) is 0 Å². The number of furan rings is 1. The van der Waals surface area contributed by atoms with E-state index in [0.717, 1.165) is 16.7 Å². The number of thiophene rings is 1. The highest BCUT2D eigenvalue weighted by molar-refractivity contribution is 9.10. The topological polar surface area (TPSA) is 30.2 Å². The predicted molar refractivity (Wildman–Crippen MR) is 66.9 cm³/mol. The smallest absolute Gasteiger partial charge is 0.418 e. The van der Waals surface area contributed by atoms with Crippen molar-refractivity contribution in [3.05, 3.63) is 42.9 Å². The van der Waals surface area contributed by atoms with Crippen LogP contribution in [0.2, 0.25) is 0 Å². The summed E-state index contributed by atoms with van der Waals surface area (Å²) >= 11 is 6.55. The molecule has 0 bridgehead atoms. The summed E-state index contributed by atoms with van der Waals surface area (Å²) in [6.07, 6.45) is -4.49. The molecule has 2 aromatic rings. The van der Waals surface area contributed by atoms with E-state index in [4.69, 9.17) is 4.42 Å². The minimum atomic E-state index is -4.49. The van der Waals surface area contributed by atoms with Gasteiger partial charge in [0.15, 0.2) is 10.4 Å².